The molecule has 0 unspecified atom stereocenters. The number of rotatable bonds is 11. The van der Waals surface area contributed by atoms with Gasteiger partial charge < -0.3 is 26.0 Å². The van der Waals surface area contributed by atoms with Gasteiger partial charge in [0.2, 0.25) is 17.7 Å². The van der Waals surface area contributed by atoms with Crippen molar-refractivity contribution in [3.8, 4) is 0 Å². The number of carbonyl (C=O) groups is 4. The molecule has 11 nitrogen and oxygen atoms in total. The molecule has 4 amide bonds. The number of piperidine rings is 1. The molecule has 2 heterocycles. The number of nitrogens with one attached hydrogen (secondary N) is 3. The Morgan fingerprint density at radius 2 is 1.74 bits per heavy atom. The van der Waals surface area contributed by atoms with Gasteiger partial charge in [-0.3, -0.25) is 23.9 Å². The van der Waals surface area contributed by atoms with Crippen LogP contribution in [0.15, 0.2) is 30.5 Å². The zero-order valence-corrected chi connectivity index (χ0v) is 27.6. The van der Waals surface area contributed by atoms with Crippen molar-refractivity contribution in [3.63, 3.8) is 0 Å². The van der Waals surface area contributed by atoms with Gasteiger partial charge in [-0.05, 0) is 75.1 Å². The van der Waals surface area contributed by atoms with Crippen LogP contribution in [0, 0.1) is 17.7 Å². The van der Waals surface area contributed by atoms with Crippen LogP contribution >= 0.6 is 0 Å². The van der Waals surface area contributed by atoms with Crippen LogP contribution in [0.3, 0.4) is 0 Å². The number of aromatic nitrogens is 2. The van der Waals surface area contributed by atoms with Crippen LogP contribution in [-0.2, 0) is 20.9 Å². The summed E-state index contributed by atoms with van der Waals surface area (Å²) < 4.78 is 17.2. The Bertz CT molecular complexity index is 1390. The lowest BCUT2D eigenvalue weighted by atomic mass is 9.79. The van der Waals surface area contributed by atoms with E-state index >= 15 is 4.39 Å². The number of aryl methyl sites for hydroxylation is 1. The predicted molar refractivity (Wildman–Crippen MR) is 172 cm³/mol. The topological polar surface area (TPSA) is 146 Å². The largest absolute Gasteiger partial charge is 0.390 e. The molecule has 1 aliphatic heterocycles. The van der Waals surface area contributed by atoms with Gasteiger partial charge in [-0.15, -0.1) is 0 Å². The molecule has 1 aromatic carbocycles. The smallest absolute Gasteiger partial charge is 0.270 e. The Balaban J connectivity index is 1.52. The van der Waals surface area contributed by atoms with E-state index in [0.29, 0.717) is 49.7 Å². The standard InChI is InChI=1S/C34H49FN6O5/c1-6-28(42)38-29(33(45)40-18-15-34(5,46)16-19-40)22(4)24-12-13-26(25(35)20-24)37-32(44)30(23-10-8-21(3)9-11-23)39-31(43)27-14-17-36-41(27)7-2/h12-14,17,20-23,29-30,46H,6-11,15-16,18-19H2,1-5H3,(H,37,44)(H,38,42)(H,39,43)/t21?,22-,23?,29+,30-/m0/s1. The van der Waals surface area contributed by atoms with E-state index in [1.165, 1.54) is 18.3 Å². The SMILES string of the molecule is CCC(=O)N[C@@H](C(=O)N1CCC(C)(O)CC1)[C@@H](C)c1ccc(NC(=O)[C@@H](NC(=O)c2ccnn2CC)C2CCC(C)CC2)c(F)c1. The quantitative estimate of drug-likeness (QED) is 0.293. The van der Waals surface area contributed by atoms with Gasteiger partial charge in [-0.1, -0.05) is 39.7 Å². The maximum atomic E-state index is 15.6. The summed E-state index contributed by atoms with van der Waals surface area (Å²) in [4.78, 5) is 54.5. The van der Waals surface area contributed by atoms with E-state index in [1.54, 1.807) is 42.5 Å². The zero-order chi connectivity index (χ0) is 33.6. The number of amides is 4. The summed E-state index contributed by atoms with van der Waals surface area (Å²) in [7, 11) is 0. The first-order chi connectivity index (χ1) is 21.8. The molecule has 12 heteroatoms. The number of nitrogens with zero attached hydrogens (tertiary/aromatic N) is 3. The molecule has 0 bridgehead atoms. The summed E-state index contributed by atoms with van der Waals surface area (Å²) in [5.41, 5.74) is -0.0541. The van der Waals surface area contributed by atoms with Crippen molar-refractivity contribution in [3.05, 3.63) is 47.5 Å². The number of aliphatic hydroxyl groups is 1. The molecule has 2 aromatic rings. The molecule has 2 aliphatic rings. The Morgan fingerprint density at radius 1 is 1.07 bits per heavy atom. The van der Waals surface area contributed by atoms with Gasteiger partial charge in [0.1, 0.15) is 23.6 Å². The number of halogens is 1. The minimum Gasteiger partial charge on any atom is -0.390 e. The van der Waals surface area contributed by atoms with E-state index in [1.807, 2.05) is 6.92 Å². The molecule has 252 valence electrons. The average Bonchev–Trinajstić information content (AvgIpc) is 3.52. The molecule has 46 heavy (non-hydrogen) atoms. The highest BCUT2D eigenvalue weighted by Gasteiger charge is 2.37. The molecule has 3 atom stereocenters. The van der Waals surface area contributed by atoms with E-state index in [2.05, 4.69) is 28.0 Å². The second-order valence-electron chi connectivity index (χ2n) is 13.2. The fraction of sp³-hybridized carbons (Fsp3) is 0.618. The van der Waals surface area contributed by atoms with Crippen LogP contribution < -0.4 is 16.0 Å². The first kappa shape index (κ1) is 35.1. The lowest BCUT2D eigenvalue weighted by Crippen LogP contribution is -2.54. The van der Waals surface area contributed by atoms with Crippen LogP contribution in [-0.4, -0.2) is 74.2 Å². The van der Waals surface area contributed by atoms with Crippen LogP contribution in [0.5, 0.6) is 0 Å². The second kappa shape index (κ2) is 15.2. The van der Waals surface area contributed by atoms with Crippen molar-refractivity contribution in [1.82, 2.24) is 25.3 Å². The Morgan fingerprint density at radius 3 is 2.35 bits per heavy atom. The van der Waals surface area contributed by atoms with Gasteiger partial charge in [0.25, 0.3) is 5.91 Å². The maximum Gasteiger partial charge on any atom is 0.270 e. The molecule has 4 rings (SSSR count). The fourth-order valence-electron chi connectivity index (χ4n) is 6.41. The second-order valence-corrected chi connectivity index (χ2v) is 13.2. The predicted octanol–water partition coefficient (Wildman–Crippen LogP) is 3.98. The van der Waals surface area contributed by atoms with Crippen molar-refractivity contribution in [2.75, 3.05) is 18.4 Å². The highest BCUT2D eigenvalue weighted by Crippen LogP contribution is 2.32. The molecule has 1 saturated carbocycles. The van der Waals surface area contributed by atoms with Crippen LogP contribution in [0.1, 0.15) is 102 Å². The third-order valence-corrected chi connectivity index (χ3v) is 9.68. The maximum absolute atomic E-state index is 15.6. The van der Waals surface area contributed by atoms with Crippen LogP contribution in [0.25, 0.3) is 0 Å². The third kappa shape index (κ3) is 8.51. The van der Waals surface area contributed by atoms with Crippen molar-refractivity contribution in [1.29, 1.82) is 0 Å². The molecule has 1 saturated heterocycles. The number of hydrogen-bond acceptors (Lipinski definition) is 6. The third-order valence-electron chi connectivity index (χ3n) is 9.68. The van der Waals surface area contributed by atoms with E-state index in [9.17, 15) is 24.3 Å². The highest BCUT2D eigenvalue weighted by molar-refractivity contribution is 6.00. The van der Waals surface area contributed by atoms with Crippen molar-refractivity contribution in [2.24, 2.45) is 11.8 Å². The van der Waals surface area contributed by atoms with Crippen molar-refractivity contribution >= 4 is 29.3 Å². The first-order valence-corrected chi connectivity index (χ1v) is 16.6. The summed E-state index contributed by atoms with van der Waals surface area (Å²) in [5.74, 6) is -2.34. The summed E-state index contributed by atoms with van der Waals surface area (Å²) in [5, 5.41) is 22.9. The number of likely N-dealkylation sites (tertiary alicyclic amines) is 1. The van der Waals surface area contributed by atoms with E-state index in [0.717, 1.165) is 25.7 Å². The lowest BCUT2D eigenvalue weighted by Gasteiger charge is -2.38. The van der Waals surface area contributed by atoms with Crippen LogP contribution in [0.2, 0.25) is 0 Å². The average molecular weight is 641 g/mol. The molecule has 1 aromatic heterocycles. The molecule has 4 N–H and O–H groups in total. The molecule has 1 aliphatic carbocycles. The lowest BCUT2D eigenvalue weighted by molar-refractivity contribution is -0.140. The monoisotopic (exact) mass is 640 g/mol. The van der Waals surface area contributed by atoms with E-state index in [4.69, 9.17) is 0 Å². The minimum atomic E-state index is -0.930. The van der Waals surface area contributed by atoms with Crippen molar-refractivity contribution in [2.45, 2.75) is 110 Å². The molecular weight excluding hydrogens is 591 g/mol. The van der Waals surface area contributed by atoms with Crippen LogP contribution in [0.4, 0.5) is 10.1 Å². The van der Waals surface area contributed by atoms with Gasteiger partial charge in [-0.2, -0.15) is 5.10 Å². The first-order valence-electron chi connectivity index (χ1n) is 16.6. The summed E-state index contributed by atoms with van der Waals surface area (Å²) in [6.07, 6.45) is 5.96. The Kier molecular flexibility index (Phi) is 11.6. The van der Waals surface area contributed by atoms with E-state index < -0.39 is 41.2 Å². The summed E-state index contributed by atoms with van der Waals surface area (Å²) >= 11 is 0. The van der Waals surface area contributed by atoms with Gasteiger partial charge >= 0.3 is 0 Å². The number of benzene rings is 1. The molecular formula is C34H49FN6O5. The molecule has 0 radical (unpaired) electrons. The van der Waals surface area contributed by atoms with Gasteiger partial charge in [-0.25, -0.2) is 4.39 Å². The summed E-state index contributed by atoms with van der Waals surface area (Å²) in [6.45, 7) is 10.4. The fourth-order valence-corrected chi connectivity index (χ4v) is 6.41. The minimum absolute atomic E-state index is 0.0401. The zero-order valence-electron chi connectivity index (χ0n) is 27.6. The number of anilines is 1. The normalized spacial score (nSPS) is 21.5. The number of carbonyl (C=O) groups excluding carboxylic acids is 4. The highest BCUT2D eigenvalue weighted by atomic mass is 19.1. The molecule has 2 fully saturated rings. The van der Waals surface area contributed by atoms with Crippen molar-refractivity contribution < 1.29 is 28.7 Å². The van der Waals surface area contributed by atoms with Gasteiger partial charge in [0.15, 0.2) is 0 Å². The van der Waals surface area contributed by atoms with Gasteiger partial charge in [0.05, 0.1) is 11.3 Å². The Hall–Kier alpha value is -3.80. The Labute approximate surface area is 270 Å². The number of hydrogen-bond donors (Lipinski definition) is 4. The van der Waals surface area contributed by atoms with Gasteiger partial charge in [0, 0.05) is 38.2 Å². The summed E-state index contributed by atoms with van der Waals surface area (Å²) in [6, 6.07) is 4.17. The van der Waals surface area contributed by atoms with E-state index in [-0.39, 0.29) is 29.8 Å². The molecule has 0 spiro atoms.